The van der Waals surface area contributed by atoms with Gasteiger partial charge in [0.05, 0.1) is 21.7 Å². The molecule has 17 heteroatoms. The van der Waals surface area contributed by atoms with Gasteiger partial charge < -0.3 is 10.6 Å². The van der Waals surface area contributed by atoms with Gasteiger partial charge in [0.15, 0.2) is 11.3 Å². The van der Waals surface area contributed by atoms with Crippen molar-refractivity contribution in [2.24, 2.45) is 0 Å². The van der Waals surface area contributed by atoms with Crippen molar-refractivity contribution in [3.8, 4) is 10.6 Å². The summed E-state index contributed by atoms with van der Waals surface area (Å²) in [6.45, 7) is 0.241. The predicted octanol–water partition coefficient (Wildman–Crippen LogP) is 4.08. The van der Waals surface area contributed by atoms with Crippen LogP contribution in [0.2, 0.25) is 0 Å². The van der Waals surface area contributed by atoms with Crippen LogP contribution in [0.4, 0.5) is 14.5 Å². The molecule has 5 heterocycles. The van der Waals surface area contributed by atoms with Gasteiger partial charge in [-0.05, 0) is 66.6 Å². The first kappa shape index (κ1) is 32.8. The largest absolute Gasteiger partial charge is 0.364 e. The highest BCUT2D eigenvalue weighted by Gasteiger charge is 2.44. The first-order chi connectivity index (χ1) is 22.9. The summed E-state index contributed by atoms with van der Waals surface area (Å²) < 4.78 is 29.3. The average molecular weight is 698 g/mol. The lowest BCUT2D eigenvalue weighted by molar-refractivity contribution is -0.136. The number of aromatic nitrogens is 3. The molecular weight excluding hydrogens is 672 g/mol. The van der Waals surface area contributed by atoms with Crippen molar-refractivity contribution in [2.75, 3.05) is 11.9 Å². The van der Waals surface area contributed by atoms with Gasteiger partial charge in [-0.2, -0.15) is 13.9 Å². The molecule has 0 spiro atoms. The summed E-state index contributed by atoms with van der Waals surface area (Å²) in [5.74, 6) is -3.41. The lowest BCUT2D eigenvalue weighted by Gasteiger charge is -2.27. The lowest BCUT2D eigenvalue weighted by atomic mass is 10.0. The second-order valence-corrected chi connectivity index (χ2v) is 12.5. The van der Waals surface area contributed by atoms with E-state index in [1.807, 2.05) is 0 Å². The number of anilines is 1. The number of carbonyl (C=O) groups is 6. The van der Waals surface area contributed by atoms with E-state index in [4.69, 9.17) is 11.6 Å². The summed E-state index contributed by atoms with van der Waals surface area (Å²) in [6, 6.07) is 9.11. The van der Waals surface area contributed by atoms with Crippen molar-refractivity contribution >= 4 is 69.7 Å². The number of benzene rings is 1. The smallest absolute Gasteiger partial charge is 0.351 e. The van der Waals surface area contributed by atoms with Crippen LogP contribution in [-0.2, 0) is 19.8 Å². The number of hydrogen-bond donors (Lipinski definition) is 3. The average Bonchev–Trinajstić information content (AvgIpc) is 3.77. The van der Waals surface area contributed by atoms with Crippen LogP contribution in [-0.4, -0.2) is 67.5 Å². The molecule has 0 saturated carbocycles. The molecule has 3 aromatic heterocycles. The van der Waals surface area contributed by atoms with Crippen LogP contribution >= 0.6 is 22.9 Å². The fourth-order valence-corrected chi connectivity index (χ4v) is 6.31. The number of thiophene rings is 1. The number of carbonyl (C=O) groups excluding carboxylic acids is 6. The van der Waals surface area contributed by atoms with Crippen molar-refractivity contribution in [2.45, 2.75) is 49.9 Å². The van der Waals surface area contributed by atoms with E-state index in [0.717, 1.165) is 15.5 Å². The van der Waals surface area contributed by atoms with Gasteiger partial charge in [0.2, 0.25) is 17.7 Å². The molecule has 4 aromatic rings. The Hall–Kier alpha value is -5.09. The Bertz CT molecular complexity index is 1980. The number of nitrogens with one attached hydrogen (secondary N) is 3. The standard InChI is InChI=1S/C31H26ClF2N7O6S/c32-31(33,34)23-14-19(22-5-4-12-48-22)37-24-15-20(39-41(23)24)27(44)35-11-3-1-2-6-25(42)36-16-7-8-17-18(13-16)30(47)40(29(17)46)21-9-10-26(43)38-28(21)45/h4-5,7-8,12-15,21H,1-3,6,9-11H2,(H,35,44)(H,36,42)(H,38,43,45). The predicted molar refractivity (Wildman–Crippen MR) is 169 cm³/mol. The highest BCUT2D eigenvalue weighted by atomic mass is 35.5. The third kappa shape index (κ3) is 6.66. The van der Waals surface area contributed by atoms with E-state index < -0.39 is 46.7 Å². The normalized spacial score (nSPS) is 16.3. The zero-order valence-electron chi connectivity index (χ0n) is 24.9. The summed E-state index contributed by atoms with van der Waals surface area (Å²) in [7, 11) is 0. The molecule has 0 bridgehead atoms. The van der Waals surface area contributed by atoms with E-state index in [9.17, 15) is 37.5 Å². The lowest BCUT2D eigenvalue weighted by Crippen LogP contribution is -2.54. The van der Waals surface area contributed by atoms with E-state index in [0.29, 0.717) is 29.8 Å². The Balaban J connectivity index is 0.975. The number of nitrogens with zero attached hydrogens (tertiary/aromatic N) is 4. The van der Waals surface area contributed by atoms with Gasteiger partial charge in [0.1, 0.15) is 11.7 Å². The molecule has 0 aliphatic carbocycles. The van der Waals surface area contributed by atoms with Crippen LogP contribution in [0.15, 0.2) is 47.8 Å². The van der Waals surface area contributed by atoms with Crippen LogP contribution in [0.5, 0.6) is 0 Å². The monoisotopic (exact) mass is 697 g/mol. The van der Waals surface area contributed by atoms with Gasteiger partial charge in [-0.3, -0.25) is 39.0 Å². The highest BCUT2D eigenvalue weighted by molar-refractivity contribution is 7.13. The van der Waals surface area contributed by atoms with Crippen molar-refractivity contribution in [3.05, 3.63) is 70.4 Å². The Labute approximate surface area is 279 Å². The maximum absolute atomic E-state index is 14.2. The van der Waals surface area contributed by atoms with Crippen molar-refractivity contribution in [1.82, 2.24) is 30.1 Å². The number of amides is 6. The molecule has 48 heavy (non-hydrogen) atoms. The summed E-state index contributed by atoms with van der Waals surface area (Å²) in [6.07, 6.45) is 1.75. The molecule has 1 saturated heterocycles. The molecule has 248 valence electrons. The Morgan fingerprint density at radius 3 is 2.56 bits per heavy atom. The molecule has 0 radical (unpaired) electrons. The number of unbranched alkanes of at least 4 members (excludes halogenated alkanes) is 2. The molecule has 2 aliphatic rings. The number of fused-ring (bicyclic) bond motifs is 2. The van der Waals surface area contributed by atoms with Crippen LogP contribution in [0.3, 0.4) is 0 Å². The third-order valence-electron chi connectivity index (χ3n) is 7.81. The molecule has 6 amide bonds. The number of imide groups is 2. The van der Waals surface area contributed by atoms with Crippen LogP contribution in [0.25, 0.3) is 16.2 Å². The number of rotatable bonds is 11. The number of halogens is 3. The van der Waals surface area contributed by atoms with Crippen LogP contribution in [0.1, 0.15) is 75.4 Å². The molecule has 3 N–H and O–H groups in total. The maximum Gasteiger partial charge on any atom is 0.364 e. The second-order valence-electron chi connectivity index (χ2n) is 11.1. The van der Waals surface area contributed by atoms with Crippen LogP contribution < -0.4 is 16.0 Å². The third-order valence-corrected chi connectivity index (χ3v) is 8.90. The van der Waals surface area contributed by atoms with Gasteiger partial charge in [0.25, 0.3) is 17.7 Å². The molecule has 1 atom stereocenters. The molecule has 1 unspecified atom stereocenters. The molecule has 6 rings (SSSR count). The molecular formula is C31H26ClF2N7O6S. The van der Waals surface area contributed by atoms with Gasteiger partial charge in [-0.15, -0.1) is 11.3 Å². The Kier molecular flexibility index (Phi) is 9.03. The fourth-order valence-electron chi connectivity index (χ4n) is 5.49. The van der Waals surface area contributed by atoms with Crippen LogP contribution in [0, 0.1) is 0 Å². The number of piperidine rings is 1. The first-order valence-electron chi connectivity index (χ1n) is 14.9. The number of hydrogen-bond acceptors (Lipinski definition) is 9. The quantitative estimate of drug-likeness (QED) is 0.120. The molecule has 1 aromatic carbocycles. The first-order valence-corrected chi connectivity index (χ1v) is 16.1. The maximum atomic E-state index is 14.2. The SMILES string of the molecule is O=C1CCC(N2C(=O)c3ccc(NC(=O)CCCCCNC(=O)c4cc5nc(-c6cccs6)cc(C(F)(F)Cl)n5n4)cc3C2=O)C(=O)N1. The summed E-state index contributed by atoms with van der Waals surface area (Å²) >= 11 is 6.65. The summed E-state index contributed by atoms with van der Waals surface area (Å²) in [5.41, 5.74) is 0.0432. The fraction of sp³-hybridized carbons (Fsp3) is 0.290. The van der Waals surface area contributed by atoms with E-state index in [1.54, 1.807) is 17.5 Å². The Morgan fingerprint density at radius 2 is 1.83 bits per heavy atom. The van der Waals surface area contributed by atoms with Gasteiger partial charge in [-0.1, -0.05) is 12.5 Å². The number of alkyl halides is 3. The topological polar surface area (TPSA) is 172 Å². The molecule has 13 nitrogen and oxygen atoms in total. The summed E-state index contributed by atoms with van der Waals surface area (Å²) in [4.78, 5) is 80.7. The zero-order valence-corrected chi connectivity index (χ0v) is 26.5. The van der Waals surface area contributed by atoms with Crippen molar-refractivity contribution < 1.29 is 37.5 Å². The van der Waals surface area contributed by atoms with E-state index in [2.05, 4.69) is 26.0 Å². The minimum atomic E-state index is -3.75. The zero-order chi connectivity index (χ0) is 34.2. The van der Waals surface area contributed by atoms with E-state index in [1.165, 1.54) is 35.6 Å². The Morgan fingerprint density at radius 1 is 1.04 bits per heavy atom. The summed E-state index contributed by atoms with van der Waals surface area (Å²) in [5, 5.41) is 9.55. The highest BCUT2D eigenvalue weighted by Crippen LogP contribution is 2.35. The van der Waals surface area contributed by atoms with Crippen molar-refractivity contribution in [1.29, 1.82) is 0 Å². The minimum Gasteiger partial charge on any atom is -0.351 e. The van der Waals surface area contributed by atoms with E-state index in [-0.39, 0.29) is 59.9 Å². The van der Waals surface area contributed by atoms with Crippen molar-refractivity contribution in [3.63, 3.8) is 0 Å². The second kappa shape index (κ2) is 13.2. The van der Waals surface area contributed by atoms with Gasteiger partial charge in [0, 0.05) is 31.1 Å². The molecule has 1 fully saturated rings. The van der Waals surface area contributed by atoms with E-state index >= 15 is 0 Å². The molecule has 2 aliphatic heterocycles. The van der Waals surface area contributed by atoms with Gasteiger partial charge >= 0.3 is 5.38 Å². The minimum absolute atomic E-state index is 0.00783. The van der Waals surface area contributed by atoms with Gasteiger partial charge in [-0.25, -0.2) is 9.50 Å².